The summed E-state index contributed by atoms with van der Waals surface area (Å²) in [5, 5.41) is 5.21. The van der Waals surface area contributed by atoms with Gasteiger partial charge in [0.25, 0.3) is 0 Å². The first-order valence-corrected chi connectivity index (χ1v) is 8.44. The van der Waals surface area contributed by atoms with E-state index in [0.29, 0.717) is 13.0 Å². The topological polar surface area (TPSA) is 78.5 Å². The molecule has 1 atom stereocenters. The summed E-state index contributed by atoms with van der Waals surface area (Å²) >= 11 is 0. The van der Waals surface area contributed by atoms with Gasteiger partial charge in [-0.3, -0.25) is 14.4 Å². The Kier molecular flexibility index (Phi) is 6.12. The maximum absolute atomic E-state index is 13.7. The van der Waals surface area contributed by atoms with E-state index in [0.717, 1.165) is 12.0 Å². The number of benzene rings is 1. The molecule has 0 saturated carbocycles. The lowest BCUT2D eigenvalue weighted by Crippen LogP contribution is -2.52. The summed E-state index contributed by atoms with van der Waals surface area (Å²) in [4.78, 5) is 37.7. The third kappa shape index (κ3) is 5.01. The van der Waals surface area contributed by atoms with Gasteiger partial charge in [0, 0.05) is 25.0 Å². The number of piperidine rings is 1. The minimum absolute atomic E-state index is 0.0139. The van der Waals surface area contributed by atoms with Crippen LogP contribution in [0.3, 0.4) is 0 Å². The number of aryl methyl sites for hydroxylation is 1. The predicted molar refractivity (Wildman–Crippen MR) is 92.3 cm³/mol. The lowest BCUT2D eigenvalue weighted by Gasteiger charge is -2.33. The molecule has 1 heterocycles. The average Bonchev–Trinajstić information content (AvgIpc) is 2.57. The summed E-state index contributed by atoms with van der Waals surface area (Å²) in [6.07, 6.45) is 1.46. The smallest absolute Gasteiger partial charge is 0.313 e. The summed E-state index contributed by atoms with van der Waals surface area (Å²) in [6.45, 7) is 6.08. The lowest BCUT2D eigenvalue weighted by atomic mass is 10.0. The molecular weight excluding hydrogens is 325 g/mol. The maximum atomic E-state index is 13.7. The second-order valence-corrected chi connectivity index (χ2v) is 6.69. The quantitative estimate of drug-likeness (QED) is 0.817. The molecule has 7 heteroatoms. The van der Waals surface area contributed by atoms with Gasteiger partial charge < -0.3 is 15.5 Å². The van der Waals surface area contributed by atoms with Crippen LogP contribution in [0, 0.1) is 18.7 Å². The number of likely N-dealkylation sites (tertiary alicyclic amines) is 1. The molecular formula is C18H24FN3O3. The van der Waals surface area contributed by atoms with Gasteiger partial charge in [-0.05, 0) is 37.5 Å². The Morgan fingerprint density at radius 1 is 1.28 bits per heavy atom. The zero-order valence-electron chi connectivity index (χ0n) is 14.8. The monoisotopic (exact) mass is 349 g/mol. The Balaban J connectivity index is 1.98. The highest BCUT2D eigenvalue weighted by atomic mass is 19.1. The number of carbonyl (C=O) groups excluding carboxylic acids is 3. The number of amides is 3. The molecule has 2 N–H and O–H groups in total. The van der Waals surface area contributed by atoms with Crippen molar-refractivity contribution in [2.75, 3.05) is 18.4 Å². The number of nitrogens with one attached hydrogen (secondary N) is 2. The van der Waals surface area contributed by atoms with Gasteiger partial charge >= 0.3 is 11.8 Å². The van der Waals surface area contributed by atoms with E-state index in [2.05, 4.69) is 10.6 Å². The Morgan fingerprint density at radius 3 is 2.68 bits per heavy atom. The maximum Gasteiger partial charge on any atom is 0.313 e. The molecule has 0 bridgehead atoms. The number of rotatable bonds is 3. The summed E-state index contributed by atoms with van der Waals surface area (Å²) in [7, 11) is 0. The van der Waals surface area contributed by atoms with Gasteiger partial charge in [0.1, 0.15) is 5.82 Å². The van der Waals surface area contributed by atoms with Crippen molar-refractivity contribution in [2.24, 2.45) is 5.92 Å². The minimum Gasteiger partial charge on any atom is -0.351 e. The summed E-state index contributed by atoms with van der Waals surface area (Å²) in [5.74, 6) is -2.40. The van der Waals surface area contributed by atoms with Crippen LogP contribution in [0.4, 0.5) is 10.1 Å². The number of hydrogen-bond donors (Lipinski definition) is 2. The Hall–Kier alpha value is -2.44. The summed E-state index contributed by atoms with van der Waals surface area (Å²) < 4.78 is 13.7. The van der Waals surface area contributed by atoms with Crippen molar-refractivity contribution in [3.05, 3.63) is 29.6 Å². The molecule has 1 saturated heterocycles. The van der Waals surface area contributed by atoms with Crippen LogP contribution in [0.5, 0.6) is 0 Å². The van der Waals surface area contributed by atoms with Crippen LogP contribution in [0.15, 0.2) is 18.2 Å². The molecule has 0 radical (unpaired) electrons. The van der Waals surface area contributed by atoms with Crippen LogP contribution in [-0.2, 0) is 14.4 Å². The van der Waals surface area contributed by atoms with E-state index in [9.17, 15) is 18.8 Å². The molecule has 0 unspecified atom stereocenters. The first kappa shape index (κ1) is 18.9. The van der Waals surface area contributed by atoms with Crippen molar-refractivity contribution in [3.63, 3.8) is 0 Å². The van der Waals surface area contributed by atoms with E-state index in [1.165, 1.54) is 17.0 Å². The van der Waals surface area contributed by atoms with E-state index in [1.54, 1.807) is 26.8 Å². The predicted octanol–water partition coefficient (Wildman–Crippen LogP) is 1.84. The van der Waals surface area contributed by atoms with Crippen molar-refractivity contribution in [2.45, 2.75) is 39.7 Å². The average molecular weight is 349 g/mol. The fourth-order valence-electron chi connectivity index (χ4n) is 2.70. The van der Waals surface area contributed by atoms with E-state index in [1.807, 2.05) is 0 Å². The third-order valence-corrected chi connectivity index (χ3v) is 4.14. The molecule has 0 aliphatic carbocycles. The van der Waals surface area contributed by atoms with Crippen molar-refractivity contribution in [1.82, 2.24) is 10.2 Å². The van der Waals surface area contributed by atoms with Crippen molar-refractivity contribution < 1.29 is 18.8 Å². The van der Waals surface area contributed by atoms with Crippen LogP contribution in [0.1, 0.15) is 32.3 Å². The highest BCUT2D eigenvalue weighted by molar-refractivity contribution is 6.39. The van der Waals surface area contributed by atoms with E-state index in [4.69, 9.17) is 0 Å². The molecule has 25 heavy (non-hydrogen) atoms. The molecule has 1 aliphatic heterocycles. The van der Waals surface area contributed by atoms with Crippen LogP contribution < -0.4 is 10.6 Å². The normalized spacial score (nSPS) is 17.3. The molecule has 3 amide bonds. The molecule has 1 fully saturated rings. The number of carbonyl (C=O) groups is 3. The van der Waals surface area contributed by atoms with Crippen LogP contribution in [0.2, 0.25) is 0 Å². The molecule has 136 valence electrons. The number of halogens is 1. The minimum atomic E-state index is -0.875. The zero-order valence-corrected chi connectivity index (χ0v) is 14.8. The van der Waals surface area contributed by atoms with Crippen molar-refractivity contribution in [3.8, 4) is 0 Å². The second-order valence-electron chi connectivity index (χ2n) is 6.69. The molecule has 1 aromatic rings. The molecule has 6 nitrogen and oxygen atoms in total. The van der Waals surface area contributed by atoms with Crippen molar-refractivity contribution >= 4 is 23.4 Å². The number of anilines is 1. The van der Waals surface area contributed by atoms with Crippen LogP contribution in [-0.4, -0.2) is 41.8 Å². The Morgan fingerprint density at radius 2 is 2.00 bits per heavy atom. The third-order valence-electron chi connectivity index (χ3n) is 4.14. The molecule has 1 aliphatic rings. The molecule has 1 aromatic carbocycles. The highest BCUT2D eigenvalue weighted by Gasteiger charge is 2.29. The van der Waals surface area contributed by atoms with Crippen LogP contribution in [0.25, 0.3) is 0 Å². The highest BCUT2D eigenvalue weighted by Crippen LogP contribution is 2.16. The van der Waals surface area contributed by atoms with Gasteiger partial charge in [0.2, 0.25) is 5.91 Å². The molecule has 0 spiro atoms. The fraction of sp³-hybridized carbons (Fsp3) is 0.500. The summed E-state index contributed by atoms with van der Waals surface area (Å²) in [6, 6.07) is 4.13. The van der Waals surface area contributed by atoms with E-state index < -0.39 is 17.6 Å². The van der Waals surface area contributed by atoms with Crippen LogP contribution >= 0.6 is 0 Å². The van der Waals surface area contributed by atoms with E-state index >= 15 is 0 Å². The standard InChI is InChI=1S/C18H24FN3O3/c1-11(2)16(23)20-13-5-4-8-22(10-13)18(25)17(24)21-15-9-12(3)6-7-14(15)19/h6-7,9,11,13H,4-5,8,10H2,1-3H3,(H,20,23)(H,21,24)/t13-/m0/s1. The first-order valence-electron chi connectivity index (χ1n) is 8.44. The largest absolute Gasteiger partial charge is 0.351 e. The Labute approximate surface area is 146 Å². The van der Waals surface area contributed by atoms with Gasteiger partial charge in [-0.1, -0.05) is 19.9 Å². The second kappa shape index (κ2) is 8.09. The van der Waals surface area contributed by atoms with Gasteiger partial charge in [0.05, 0.1) is 5.69 Å². The molecule has 2 rings (SSSR count). The zero-order chi connectivity index (χ0) is 18.6. The van der Waals surface area contributed by atoms with Gasteiger partial charge in [-0.15, -0.1) is 0 Å². The summed E-state index contributed by atoms with van der Waals surface area (Å²) in [5.41, 5.74) is 0.763. The molecule has 0 aromatic heterocycles. The van der Waals surface area contributed by atoms with Gasteiger partial charge in [-0.25, -0.2) is 4.39 Å². The lowest BCUT2D eigenvalue weighted by molar-refractivity contribution is -0.144. The Bertz CT molecular complexity index is 676. The number of hydrogen-bond acceptors (Lipinski definition) is 3. The van der Waals surface area contributed by atoms with Gasteiger partial charge in [-0.2, -0.15) is 0 Å². The van der Waals surface area contributed by atoms with Crippen molar-refractivity contribution in [1.29, 1.82) is 0 Å². The first-order chi connectivity index (χ1) is 11.8. The fourth-order valence-corrected chi connectivity index (χ4v) is 2.70. The number of nitrogens with zero attached hydrogens (tertiary/aromatic N) is 1. The van der Waals surface area contributed by atoms with Gasteiger partial charge in [0.15, 0.2) is 0 Å². The SMILES string of the molecule is Cc1ccc(F)c(NC(=O)C(=O)N2CCC[C@H](NC(=O)C(C)C)C2)c1. The van der Waals surface area contributed by atoms with E-state index in [-0.39, 0.29) is 30.1 Å².